The van der Waals surface area contributed by atoms with Gasteiger partial charge in [0.25, 0.3) is 0 Å². The van der Waals surface area contributed by atoms with Crippen molar-refractivity contribution in [3.8, 4) is 5.75 Å². The molecule has 9 heteroatoms. The van der Waals surface area contributed by atoms with Crippen molar-refractivity contribution in [2.45, 2.75) is 4.90 Å². The van der Waals surface area contributed by atoms with E-state index in [1.165, 1.54) is 16.4 Å². The highest BCUT2D eigenvalue weighted by molar-refractivity contribution is 7.89. The average Bonchev–Trinajstić information content (AvgIpc) is 2.58. The molecule has 0 bridgehead atoms. The molecule has 0 aromatic heterocycles. The van der Waals surface area contributed by atoms with E-state index >= 15 is 0 Å². The van der Waals surface area contributed by atoms with Crippen LogP contribution in [0.25, 0.3) is 0 Å². The monoisotopic (exact) mass is 420 g/mol. The second-order valence-electron chi connectivity index (χ2n) is 5.61. The van der Waals surface area contributed by atoms with E-state index in [1.54, 1.807) is 6.07 Å². The summed E-state index contributed by atoms with van der Waals surface area (Å²) in [5.41, 5.74) is 0.943. The van der Waals surface area contributed by atoms with Gasteiger partial charge >= 0.3 is 0 Å². The Hall–Kier alpha value is -1.18. The molecule has 1 saturated heterocycles. The third-order valence-electron chi connectivity index (χ3n) is 4.02. The summed E-state index contributed by atoms with van der Waals surface area (Å²) < 4.78 is 27.0. The number of hydrogen-bond donors (Lipinski definition) is 1. The second-order valence-corrected chi connectivity index (χ2v) is 8.79. The molecular weight excluding hydrogens is 407 g/mol. The van der Waals surface area contributed by atoms with Gasteiger partial charge in [-0.1, -0.05) is 40.9 Å². The highest BCUT2D eigenvalue weighted by atomic mass is 35.5. The summed E-state index contributed by atoms with van der Waals surface area (Å²) in [4.78, 5) is 1.78. The maximum atomic E-state index is 12.8. The smallest absolute Gasteiger partial charge is 0.246 e. The number of nitrogens with zero attached hydrogens (tertiary/aromatic N) is 2. The van der Waals surface area contributed by atoms with Gasteiger partial charge in [0.2, 0.25) is 10.0 Å². The van der Waals surface area contributed by atoms with Gasteiger partial charge in [0, 0.05) is 41.9 Å². The molecule has 1 aliphatic heterocycles. The lowest BCUT2D eigenvalue weighted by molar-refractivity contribution is 0.380. The number of anilines is 1. The highest BCUT2D eigenvalue weighted by Gasteiger charge is 2.31. The summed E-state index contributed by atoms with van der Waals surface area (Å²) >= 11 is 17.7. The summed E-state index contributed by atoms with van der Waals surface area (Å²) in [6, 6.07) is 9.92. The SMILES string of the molecule is O=S(=O)(c1cc(Cl)cc(Cl)c1O)N1CCN(c2cccc(Cl)c2)CC1. The van der Waals surface area contributed by atoms with Crippen LogP contribution < -0.4 is 4.90 Å². The first-order valence-corrected chi connectivity index (χ1v) is 10.0. The summed E-state index contributed by atoms with van der Waals surface area (Å²) in [6.45, 7) is 1.57. The van der Waals surface area contributed by atoms with Crippen molar-refractivity contribution in [1.29, 1.82) is 0 Å². The molecule has 0 aliphatic carbocycles. The Labute approximate surface area is 161 Å². The molecule has 3 rings (SSSR count). The second kappa shape index (κ2) is 7.21. The van der Waals surface area contributed by atoms with Gasteiger partial charge in [-0.2, -0.15) is 4.31 Å². The fourth-order valence-corrected chi connectivity index (χ4v) is 5.09. The first-order valence-electron chi connectivity index (χ1n) is 7.48. The molecule has 134 valence electrons. The fourth-order valence-electron chi connectivity index (χ4n) is 2.74. The molecule has 2 aromatic carbocycles. The standard InChI is InChI=1S/C16H15Cl3N2O3S/c17-11-2-1-3-13(8-11)20-4-6-21(7-5-20)25(23,24)15-10-12(18)9-14(19)16(15)22/h1-3,8-10,22H,4-7H2. The van der Waals surface area contributed by atoms with Gasteiger partial charge in [-0.3, -0.25) is 0 Å². The Balaban J connectivity index is 1.80. The zero-order chi connectivity index (χ0) is 18.2. The lowest BCUT2D eigenvalue weighted by Crippen LogP contribution is -2.48. The Kier molecular flexibility index (Phi) is 5.37. The van der Waals surface area contributed by atoms with Crippen LogP contribution in [0.15, 0.2) is 41.3 Å². The van der Waals surface area contributed by atoms with Crippen LogP contribution >= 0.6 is 34.8 Å². The molecular formula is C16H15Cl3N2O3S. The Morgan fingerprint density at radius 1 is 0.920 bits per heavy atom. The first-order chi connectivity index (χ1) is 11.8. The molecule has 0 amide bonds. The van der Waals surface area contributed by atoms with E-state index in [4.69, 9.17) is 34.8 Å². The highest BCUT2D eigenvalue weighted by Crippen LogP contribution is 2.36. The van der Waals surface area contributed by atoms with E-state index in [1.807, 2.05) is 18.2 Å². The quantitative estimate of drug-likeness (QED) is 0.817. The number of aromatic hydroxyl groups is 1. The topological polar surface area (TPSA) is 60.9 Å². The third kappa shape index (κ3) is 3.83. The van der Waals surface area contributed by atoms with Crippen LogP contribution in [0.4, 0.5) is 5.69 Å². The van der Waals surface area contributed by atoms with Gasteiger partial charge in [0.05, 0.1) is 5.02 Å². The number of rotatable bonds is 3. The zero-order valence-corrected chi connectivity index (χ0v) is 16.1. The van der Waals surface area contributed by atoms with E-state index < -0.39 is 15.8 Å². The van der Waals surface area contributed by atoms with Crippen LogP contribution in [-0.2, 0) is 10.0 Å². The van der Waals surface area contributed by atoms with Gasteiger partial charge in [0.1, 0.15) is 4.90 Å². The number of phenolic OH excluding ortho intramolecular Hbond substituents is 1. The molecule has 0 saturated carbocycles. The van der Waals surface area contributed by atoms with Gasteiger partial charge in [-0.05, 0) is 30.3 Å². The number of hydrogen-bond acceptors (Lipinski definition) is 4. The summed E-state index contributed by atoms with van der Waals surface area (Å²) in [5, 5.41) is 10.7. The van der Waals surface area contributed by atoms with Crippen LogP contribution in [0.2, 0.25) is 15.1 Å². The Morgan fingerprint density at radius 3 is 2.24 bits per heavy atom. The van der Waals surface area contributed by atoms with Crippen molar-refractivity contribution in [1.82, 2.24) is 4.31 Å². The molecule has 1 fully saturated rings. The van der Waals surface area contributed by atoms with Crippen LogP contribution in [0, 0.1) is 0 Å². The molecule has 1 aliphatic rings. The lowest BCUT2D eigenvalue weighted by Gasteiger charge is -2.35. The van der Waals surface area contributed by atoms with Crippen molar-refractivity contribution in [3.63, 3.8) is 0 Å². The molecule has 5 nitrogen and oxygen atoms in total. The van der Waals surface area contributed by atoms with E-state index in [0.29, 0.717) is 18.1 Å². The van der Waals surface area contributed by atoms with Gasteiger partial charge in [-0.15, -0.1) is 0 Å². The molecule has 1 N–H and O–H groups in total. The molecule has 0 spiro atoms. The predicted molar refractivity (Wildman–Crippen MR) is 101 cm³/mol. The van der Waals surface area contributed by atoms with E-state index in [2.05, 4.69) is 4.90 Å². The van der Waals surface area contributed by atoms with Crippen molar-refractivity contribution in [2.24, 2.45) is 0 Å². The van der Waals surface area contributed by atoms with Crippen LogP contribution in [0.3, 0.4) is 0 Å². The molecule has 0 atom stereocenters. The zero-order valence-electron chi connectivity index (χ0n) is 13.0. The minimum absolute atomic E-state index is 0.0939. The molecule has 25 heavy (non-hydrogen) atoms. The lowest BCUT2D eigenvalue weighted by atomic mass is 10.2. The summed E-state index contributed by atoms with van der Waals surface area (Å²) in [7, 11) is -3.89. The number of halogens is 3. The number of piperazine rings is 1. The van der Waals surface area contributed by atoms with Crippen LogP contribution in [0.5, 0.6) is 5.75 Å². The van der Waals surface area contributed by atoms with E-state index in [0.717, 1.165) is 5.69 Å². The predicted octanol–water partition coefficient (Wildman–Crippen LogP) is 3.86. The average molecular weight is 422 g/mol. The Morgan fingerprint density at radius 2 is 1.60 bits per heavy atom. The minimum Gasteiger partial charge on any atom is -0.505 e. The maximum absolute atomic E-state index is 12.8. The molecule has 2 aromatic rings. The normalized spacial score (nSPS) is 16.2. The summed E-state index contributed by atoms with van der Waals surface area (Å²) in [5.74, 6) is -0.483. The minimum atomic E-state index is -3.89. The van der Waals surface area contributed by atoms with E-state index in [9.17, 15) is 13.5 Å². The number of benzene rings is 2. The van der Waals surface area contributed by atoms with Crippen molar-refractivity contribution in [3.05, 3.63) is 51.5 Å². The molecule has 0 radical (unpaired) electrons. The van der Waals surface area contributed by atoms with E-state index in [-0.39, 0.29) is 28.0 Å². The van der Waals surface area contributed by atoms with Crippen molar-refractivity contribution in [2.75, 3.05) is 31.1 Å². The van der Waals surface area contributed by atoms with Gasteiger partial charge in [0.15, 0.2) is 5.75 Å². The maximum Gasteiger partial charge on any atom is 0.246 e. The van der Waals surface area contributed by atoms with Gasteiger partial charge in [-0.25, -0.2) is 8.42 Å². The van der Waals surface area contributed by atoms with Crippen molar-refractivity contribution < 1.29 is 13.5 Å². The third-order valence-corrected chi connectivity index (χ3v) is 6.68. The Bertz CT molecular complexity index is 897. The van der Waals surface area contributed by atoms with Crippen LogP contribution in [-0.4, -0.2) is 44.0 Å². The number of phenols is 1. The molecule has 1 heterocycles. The van der Waals surface area contributed by atoms with Crippen LogP contribution in [0.1, 0.15) is 0 Å². The largest absolute Gasteiger partial charge is 0.505 e. The molecule has 0 unspecified atom stereocenters. The fraction of sp³-hybridized carbons (Fsp3) is 0.250. The van der Waals surface area contributed by atoms with Gasteiger partial charge < -0.3 is 10.0 Å². The summed E-state index contributed by atoms with van der Waals surface area (Å²) in [6.07, 6.45) is 0. The first kappa shape index (κ1) is 18.6. The van der Waals surface area contributed by atoms with Crippen molar-refractivity contribution >= 4 is 50.5 Å². The number of sulfonamides is 1.